The predicted molar refractivity (Wildman–Crippen MR) is 92.8 cm³/mol. The molecule has 2 aromatic rings. The molecule has 3 nitrogen and oxygen atoms in total. The molecule has 1 atom stereocenters. The molecule has 0 bridgehead atoms. The molecule has 0 aliphatic carbocycles. The van der Waals surface area contributed by atoms with Crippen molar-refractivity contribution in [3.8, 4) is 5.75 Å². The minimum absolute atomic E-state index is 0.273. The van der Waals surface area contributed by atoms with Crippen LogP contribution in [0, 0.1) is 0 Å². The van der Waals surface area contributed by atoms with E-state index in [1.165, 1.54) is 4.88 Å². The zero-order chi connectivity index (χ0) is 15.9. The van der Waals surface area contributed by atoms with Crippen LogP contribution in [0.4, 0.5) is 0 Å². The Morgan fingerprint density at radius 3 is 2.55 bits per heavy atom. The number of aliphatic hydroxyl groups excluding tert-OH is 1. The lowest BCUT2D eigenvalue weighted by Crippen LogP contribution is -2.39. The summed E-state index contributed by atoms with van der Waals surface area (Å²) in [7, 11) is 0. The molecule has 0 saturated carbocycles. The van der Waals surface area contributed by atoms with Gasteiger partial charge >= 0.3 is 0 Å². The van der Waals surface area contributed by atoms with Gasteiger partial charge in [0.15, 0.2) is 0 Å². The molecule has 0 spiro atoms. The standard InChI is InChI=1S/C17H22ClNO2S/c1-13(2)19(11-17-4-3-9-22-17)10-15(20)12-21-16-7-5-14(18)6-8-16/h3-9,13,15,20H,10-12H2,1-2H3/t15-/m0/s1. The van der Waals surface area contributed by atoms with Crippen LogP contribution in [0.2, 0.25) is 5.02 Å². The largest absolute Gasteiger partial charge is 0.491 e. The Hall–Kier alpha value is -1.07. The first-order valence-electron chi connectivity index (χ1n) is 7.37. The molecular weight excluding hydrogens is 318 g/mol. The molecule has 1 aromatic carbocycles. The van der Waals surface area contributed by atoms with Crippen molar-refractivity contribution in [3.05, 3.63) is 51.7 Å². The fourth-order valence-electron chi connectivity index (χ4n) is 2.11. The lowest BCUT2D eigenvalue weighted by atomic mass is 10.2. The van der Waals surface area contributed by atoms with Crippen LogP contribution in [0.25, 0.3) is 0 Å². The molecule has 1 aromatic heterocycles. The highest BCUT2D eigenvalue weighted by molar-refractivity contribution is 7.09. The molecule has 0 saturated heterocycles. The van der Waals surface area contributed by atoms with Crippen molar-refractivity contribution in [1.82, 2.24) is 4.90 Å². The molecule has 2 rings (SSSR count). The summed E-state index contributed by atoms with van der Waals surface area (Å²) in [4.78, 5) is 3.56. The summed E-state index contributed by atoms with van der Waals surface area (Å²) in [5.74, 6) is 0.720. The molecule has 0 aliphatic rings. The normalized spacial score (nSPS) is 12.8. The maximum absolute atomic E-state index is 10.2. The number of ether oxygens (including phenoxy) is 1. The van der Waals surface area contributed by atoms with Gasteiger partial charge in [-0.15, -0.1) is 11.3 Å². The van der Waals surface area contributed by atoms with Gasteiger partial charge in [-0.1, -0.05) is 17.7 Å². The SMILES string of the molecule is CC(C)N(Cc1cccs1)C[C@H](O)COc1ccc(Cl)cc1. The lowest BCUT2D eigenvalue weighted by molar-refractivity contribution is 0.0547. The van der Waals surface area contributed by atoms with Gasteiger partial charge in [0, 0.05) is 29.0 Å². The van der Waals surface area contributed by atoms with Crippen LogP contribution in [0.1, 0.15) is 18.7 Å². The van der Waals surface area contributed by atoms with Crippen molar-refractivity contribution in [1.29, 1.82) is 0 Å². The van der Waals surface area contributed by atoms with E-state index in [2.05, 4.69) is 36.3 Å². The van der Waals surface area contributed by atoms with Crippen LogP contribution < -0.4 is 4.74 Å². The number of benzene rings is 1. The molecule has 120 valence electrons. The summed E-state index contributed by atoms with van der Waals surface area (Å²) in [6.45, 7) is 5.99. The first-order chi connectivity index (χ1) is 10.5. The summed E-state index contributed by atoms with van der Waals surface area (Å²) < 4.78 is 5.61. The third-order valence-electron chi connectivity index (χ3n) is 3.37. The summed E-state index contributed by atoms with van der Waals surface area (Å²) >= 11 is 7.58. The summed E-state index contributed by atoms with van der Waals surface area (Å²) in [5.41, 5.74) is 0. The maximum Gasteiger partial charge on any atom is 0.119 e. The van der Waals surface area contributed by atoms with Gasteiger partial charge in [-0.05, 0) is 49.6 Å². The minimum Gasteiger partial charge on any atom is -0.491 e. The zero-order valence-electron chi connectivity index (χ0n) is 12.9. The van der Waals surface area contributed by atoms with Gasteiger partial charge in [-0.25, -0.2) is 0 Å². The Balaban J connectivity index is 1.82. The number of hydrogen-bond donors (Lipinski definition) is 1. The van der Waals surface area contributed by atoms with Crippen molar-refractivity contribution in [2.24, 2.45) is 0 Å². The fraction of sp³-hybridized carbons (Fsp3) is 0.412. The molecular formula is C17H22ClNO2S. The third-order valence-corrected chi connectivity index (χ3v) is 4.48. The fourth-order valence-corrected chi connectivity index (χ4v) is 2.96. The highest BCUT2D eigenvalue weighted by Crippen LogP contribution is 2.17. The number of halogens is 1. The second-order valence-corrected chi connectivity index (χ2v) is 6.99. The molecule has 5 heteroatoms. The maximum atomic E-state index is 10.2. The Morgan fingerprint density at radius 2 is 1.95 bits per heavy atom. The van der Waals surface area contributed by atoms with E-state index in [-0.39, 0.29) is 6.61 Å². The highest BCUT2D eigenvalue weighted by atomic mass is 35.5. The Bertz CT molecular complexity index is 542. The summed E-state index contributed by atoms with van der Waals surface area (Å²) in [6.07, 6.45) is -0.530. The minimum atomic E-state index is -0.530. The van der Waals surface area contributed by atoms with Gasteiger partial charge in [0.05, 0.1) is 0 Å². The van der Waals surface area contributed by atoms with E-state index in [1.54, 1.807) is 35.6 Å². The van der Waals surface area contributed by atoms with Gasteiger partial charge in [0.25, 0.3) is 0 Å². The second kappa shape index (κ2) is 8.53. The van der Waals surface area contributed by atoms with E-state index in [4.69, 9.17) is 16.3 Å². The van der Waals surface area contributed by atoms with E-state index in [9.17, 15) is 5.11 Å². The van der Waals surface area contributed by atoms with Gasteiger partial charge in [-0.3, -0.25) is 4.90 Å². The number of thiophene rings is 1. The lowest BCUT2D eigenvalue weighted by Gasteiger charge is -2.28. The van der Waals surface area contributed by atoms with Crippen molar-refractivity contribution < 1.29 is 9.84 Å². The quantitative estimate of drug-likeness (QED) is 0.787. The van der Waals surface area contributed by atoms with Crippen LogP contribution in [-0.4, -0.2) is 35.3 Å². The van der Waals surface area contributed by atoms with Crippen LogP contribution in [-0.2, 0) is 6.54 Å². The Morgan fingerprint density at radius 1 is 1.23 bits per heavy atom. The molecule has 0 unspecified atom stereocenters. The topological polar surface area (TPSA) is 32.7 Å². The van der Waals surface area contributed by atoms with Crippen LogP contribution in [0.5, 0.6) is 5.75 Å². The van der Waals surface area contributed by atoms with E-state index in [0.717, 1.165) is 12.3 Å². The van der Waals surface area contributed by atoms with Crippen molar-refractivity contribution in [2.75, 3.05) is 13.2 Å². The molecule has 0 radical (unpaired) electrons. The van der Waals surface area contributed by atoms with Crippen LogP contribution >= 0.6 is 22.9 Å². The molecule has 1 heterocycles. The average Bonchev–Trinajstić information content (AvgIpc) is 2.99. The van der Waals surface area contributed by atoms with Crippen molar-refractivity contribution >= 4 is 22.9 Å². The third kappa shape index (κ3) is 5.61. The van der Waals surface area contributed by atoms with E-state index < -0.39 is 6.10 Å². The summed E-state index contributed by atoms with van der Waals surface area (Å²) in [5, 5.41) is 13.0. The highest BCUT2D eigenvalue weighted by Gasteiger charge is 2.16. The predicted octanol–water partition coefficient (Wildman–Crippen LogP) is 4.05. The van der Waals surface area contributed by atoms with Gasteiger partial charge in [0.1, 0.15) is 18.5 Å². The average molecular weight is 340 g/mol. The summed E-state index contributed by atoms with van der Waals surface area (Å²) in [6, 6.07) is 11.7. The number of rotatable bonds is 8. The van der Waals surface area contributed by atoms with Gasteiger partial charge < -0.3 is 9.84 Å². The van der Waals surface area contributed by atoms with E-state index in [1.807, 2.05) is 0 Å². The van der Waals surface area contributed by atoms with Crippen LogP contribution in [0.15, 0.2) is 41.8 Å². The Kier molecular flexibility index (Phi) is 6.70. The number of aliphatic hydroxyl groups is 1. The number of hydrogen-bond acceptors (Lipinski definition) is 4. The molecule has 0 fully saturated rings. The van der Waals surface area contributed by atoms with Gasteiger partial charge in [-0.2, -0.15) is 0 Å². The Labute approximate surface area is 141 Å². The molecule has 0 amide bonds. The van der Waals surface area contributed by atoms with Gasteiger partial charge in [0.2, 0.25) is 0 Å². The smallest absolute Gasteiger partial charge is 0.119 e. The first kappa shape index (κ1) is 17.3. The number of nitrogens with zero attached hydrogens (tertiary/aromatic N) is 1. The van der Waals surface area contributed by atoms with Crippen molar-refractivity contribution in [2.45, 2.75) is 32.5 Å². The van der Waals surface area contributed by atoms with Crippen LogP contribution in [0.3, 0.4) is 0 Å². The molecule has 0 aliphatic heterocycles. The monoisotopic (exact) mass is 339 g/mol. The molecule has 22 heavy (non-hydrogen) atoms. The first-order valence-corrected chi connectivity index (χ1v) is 8.63. The zero-order valence-corrected chi connectivity index (χ0v) is 14.5. The van der Waals surface area contributed by atoms with E-state index >= 15 is 0 Å². The van der Waals surface area contributed by atoms with Crippen molar-refractivity contribution in [3.63, 3.8) is 0 Å². The molecule has 1 N–H and O–H groups in total. The van der Waals surface area contributed by atoms with E-state index in [0.29, 0.717) is 17.6 Å². The second-order valence-electron chi connectivity index (χ2n) is 5.52.